The molecule has 1 saturated carbocycles. The Kier molecular flexibility index (Phi) is 9.58. The minimum Gasteiger partial charge on any atom is -0.486 e. The number of rotatable bonds is 8. The number of anilines is 1. The number of carbonyl (C=O) groups is 2. The quantitative estimate of drug-likeness (QED) is 0.485. The predicted molar refractivity (Wildman–Crippen MR) is 147 cm³/mol. The van der Waals surface area contributed by atoms with Gasteiger partial charge in [0.15, 0.2) is 5.75 Å². The maximum absolute atomic E-state index is 13.7. The topological polar surface area (TPSA) is 107 Å². The summed E-state index contributed by atoms with van der Waals surface area (Å²) in [6, 6.07) is 8.76. The van der Waals surface area contributed by atoms with Crippen molar-refractivity contribution >= 4 is 17.6 Å². The third-order valence-electron chi connectivity index (χ3n) is 7.57. The average Bonchev–Trinajstić information content (AvgIpc) is 2.91. The second kappa shape index (κ2) is 13.1. The lowest BCUT2D eigenvalue weighted by molar-refractivity contribution is 0.0343. The van der Waals surface area contributed by atoms with Crippen molar-refractivity contribution in [3.63, 3.8) is 0 Å². The van der Waals surface area contributed by atoms with Gasteiger partial charge in [0.25, 0.3) is 5.91 Å². The van der Waals surface area contributed by atoms with E-state index in [1.54, 1.807) is 35.5 Å². The van der Waals surface area contributed by atoms with Crippen molar-refractivity contribution in [2.75, 3.05) is 32.1 Å². The zero-order chi connectivity index (χ0) is 27.1. The van der Waals surface area contributed by atoms with Crippen LogP contribution in [-0.2, 0) is 6.54 Å². The number of hydrogen-bond acceptors (Lipinski definition) is 6. The van der Waals surface area contributed by atoms with E-state index < -0.39 is 0 Å². The fraction of sp³-hybridized carbons (Fsp3) is 0.552. The largest absolute Gasteiger partial charge is 0.486 e. The van der Waals surface area contributed by atoms with Crippen LogP contribution in [0.4, 0.5) is 10.5 Å². The number of fused-ring (bicyclic) bond motifs is 1. The number of nitrogens with one attached hydrogen (secondary N) is 2. The number of para-hydroxylation sites is 1. The van der Waals surface area contributed by atoms with Gasteiger partial charge >= 0.3 is 6.03 Å². The number of amides is 3. The lowest BCUT2D eigenvalue weighted by atomic mass is 9.96. The Morgan fingerprint density at radius 3 is 2.66 bits per heavy atom. The minimum atomic E-state index is -0.350. The first-order chi connectivity index (χ1) is 18.4. The van der Waals surface area contributed by atoms with E-state index in [-0.39, 0.29) is 42.7 Å². The van der Waals surface area contributed by atoms with Crippen LogP contribution in [0.5, 0.6) is 5.75 Å². The normalized spacial score (nSPS) is 21.2. The second-order valence-corrected chi connectivity index (χ2v) is 10.8. The zero-order valence-electron chi connectivity index (χ0n) is 22.7. The summed E-state index contributed by atoms with van der Waals surface area (Å²) >= 11 is 0. The van der Waals surface area contributed by atoms with Gasteiger partial charge in [-0.2, -0.15) is 0 Å². The SMILES string of the molecule is C[C@@H]1CN([C@H](C)CO)C(=O)c2cccc(NC(=O)NC3CCCCC3)c2O[C@@H]1CN(C)Cc1ccncc1. The van der Waals surface area contributed by atoms with E-state index in [1.807, 2.05) is 26.1 Å². The lowest BCUT2D eigenvalue weighted by Crippen LogP contribution is -2.50. The monoisotopic (exact) mass is 523 g/mol. The van der Waals surface area contributed by atoms with E-state index in [0.717, 1.165) is 37.8 Å². The molecule has 206 valence electrons. The summed E-state index contributed by atoms with van der Waals surface area (Å²) in [5.74, 6) is 0.138. The van der Waals surface area contributed by atoms with Gasteiger partial charge < -0.3 is 25.4 Å². The van der Waals surface area contributed by atoms with Gasteiger partial charge in [0.2, 0.25) is 0 Å². The van der Waals surface area contributed by atoms with Crippen LogP contribution >= 0.6 is 0 Å². The first kappa shape index (κ1) is 27.9. The van der Waals surface area contributed by atoms with Crippen molar-refractivity contribution in [3.8, 4) is 5.75 Å². The molecule has 1 aromatic carbocycles. The van der Waals surface area contributed by atoms with E-state index in [0.29, 0.717) is 30.1 Å². The molecule has 2 aliphatic rings. The molecule has 2 heterocycles. The number of benzene rings is 1. The standard InChI is InChI=1S/C29H41N5O4/c1-20-16-34(21(2)19-35)28(36)24-10-7-11-25(32-29(37)31-23-8-5-4-6-9-23)27(24)38-26(20)18-33(3)17-22-12-14-30-15-13-22/h7,10-15,20-21,23,26,35H,4-6,8-9,16-19H2,1-3H3,(H2,31,32,37)/t20-,21-,26-/m1/s1. The molecule has 1 fully saturated rings. The van der Waals surface area contributed by atoms with Crippen molar-refractivity contribution in [2.45, 2.75) is 70.7 Å². The fourth-order valence-electron chi connectivity index (χ4n) is 5.32. The molecule has 3 amide bonds. The Labute approximate surface area is 225 Å². The molecular weight excluding hydrogens is 482 g/mol. The summed E-state index contributed by atoms with van der Waals surface area (Å²) in [7, 11) is 2.04. The highest BCUT2D eigenvalue weighted by Crippen LogP contribution is 2.35. The molecule has 38 heavy (non-hydrogen) atoms. The van der Waals surface area contributed by atoms with E-state index >= 15 is 0 Å². The van der Waals surface area contributed by atoms with Crippen LogP contribution in [0, 0.1) is 5.92 Å². The van der Waals surface area contributed by atoms with Gasteiger partial charge in [-0.1, -0.05) is 32.3 Å². The Bertz CT molecular complexity index is 1080. The first-order valence-electron chi connectivity index (χ1n) is 13.7. The molecule has 1 aliphatic carbocycles. The van der Waals surface area contributed by atoms with E-state index in [1.165, 1.54) is 6.42 Å². The molecule has 3 N–H and O–H groups in total. The number of carbonyl (C=O) groups excluding carboxylic acids is 2. The number of hydrogen-bond donors (Lipinski definition) is 3. The maximum Gasteiger partial charge on any atom is 0.319 e. The summed E-state index contributed by atoms with van der Waals surface area (Å²) in [6.45, 7) is 5.56. The van der Waals surface area contributed by atoms with Crippen LogP contribution < -0.4 is 15.4 Å². The van der Waals surface area contributed by atoms with Crippen LogP contribution in [0.3, 0.4) is 0 Å². The molecule has 0 unspecified atom stereocenters. The highest BCUT2D eigenvalue weighted by Gasteiger charge is 2.34. The van der Waals surface area contributed by atoms with Gasteiger partial charge in [0, 0.05) is 44.0 Å². The van der Waals surface area contributed by atoms with E-state index in [2.05, 4.69) is 27.4 Å². The molecule has 0 spiro atoms. The van der Waals surface area contributed by atoms with E-state index in [9.17, 15) is 14.7 Å². The third kappa shape index (κ3) is 7.02. The molecule has 0 bridgehead atoms. The van der Waals surface area contributed by atoms with Gasteiger partial charge in [0.05, 0.1) is 23.9 Å². The lowest BCUT2D eigenvalue weighted by Gasteiger charge is -2.38. The number of nitrogens with zero attached hydrogens (tertiary/aromatic N) is 3. The molecule has 9 heteroatoms. The summed E-state index contributed by atoms with van der Waals surface area (Å²) in [6.07, 6.45) is 8.71. The number of pyridine rings is 1. The summed E-state index contributed by atoms with van der Waals surface area (Å²) in [5.41, 5.74) is 2.00. The summed E-state index contributed by atoms with van der Waals surface area (Å²) in [5, 5.41) is 15.9. The molecule has 0 radical (unpaired) electrons. The molecule has 2 aromatic rings. The maximum atomic E-state index is 13.7. The second-order valence-electron chi connectivity index (χ2n) is 10.8. The third-order valence-corrected chi connectivity index (χ3v) is 7.57. The molecule has 0 saturated heterocycles. The van der Waals surface area contributed by atoms with Crippen LogP contribution in [0.2, 0.25) is 0 Å². The zero-order valence-corrected chi connectivity index (χ0v) is 22.7. The number of ether oxygens (including phenoxy) is 1. The highest BCUT2D eigenvalue weighted by atomic mass is 16.5. The Balaban J connectivity index is 1.60. The van der Waals surface area contributed by atoms with Gasteiger partial charge in [-0.25, -0.2) is 4.79 Å². The number of urea groups is 1. The Hall–Kier alpha value is -3.17. The van der Waals surface area contributed by atoms with E-state index in [4.69, 9.17) is 4.74 Å². The van der Waals surface area contributed by atoms with Crippen molar-refractivity contribution in [1.29, 1.82) is 0 Å². The van der Waals surface area contributed by atoms with Crippen molar-refractivity contribution in [2.24, 2.45) is 5.92 Å². The fourth-order valence-corrected chi connectivity index (χ4v) is 5.32. The van der Waals surface area contributed by atoms with Crippen molar-refractivity contribution in [3.05, 3.63) is 53.9 Å². The molecular formula is C29H41N5O4. The van der Waals surface area contributed by atoms with Crippen LogP contribution in [-0.4, -0.2) is 76.8 Å². The van der Waals surface area contributed by atoms with Gasteiger partial charge in [-0.05, 0) is 56.6 Å². The van der Waals surface area contributed by atoms with Crippen LogP contribution in [0.15, 0.2) is 42.7 Å². The van der Waals surface area contributed by atoms with Gasteiger partial charge in [-0.3, -0.25) is 14.7 Å². The highest BCUT2D eigenvalue weighted by molar-refractivity contribution is 6.01. The van der Waals surface area contributed by atoms with Crippen molar-refractivity contribution in [1.82, 2.24) is 20.1 Å². The Morgan fingerprint density at radius 2 is 1.95 bits per heavy atom. The molecule has 4 rings (SSSR count). The van der Waals surface area contributed by atoms with Gasteiger partial charge in [-0.15, -0.1) is 0 Å². The van der Waals surface area contributed by atoms with Crippen molar-refractivity contribution < 1.29 is 19.4 Å². The average molecular weight is 524 g/mol. The van der Waals surface area contributed by atoms with Crippen LogP contribution in [0.25, 0.3) is 0 Å². The predicted octanol–water partition coefficient (Wildman–Crippen LogP) is 3.89. The molecule has 1 aliphatic heterocycles. The number of aliphatic hydroxyl groups is 1. The van der Waals surface area contributed by atoms with Gasteiger partial charge in [0.1, 0.15) is 6.10 Å². The summed E-state index contributed by atoms with van der Waals surface area (Å²) < 4.78 is 6.61. The minimum absolute atomic E-state index is 0.0230. The molecule has 9 nitrogen and oxygen atoms in total. The number of likely N-dealkylation sites (N-methyl/N-ethyl adjacent to an activating group) is 1. The summed E-state index contributed by atoms with van der Waals surface area (Å²) in [4.78, 5) is 34.6. The molecule has 1 aromatic heterocycles. The molecule has 3 atom stereocenters. The van der Waals surface area contributed by atoms with Crippen LogP contribution in [0.1, 0.15) is 61.9 Å². The Morgan fingerprint density at radius 1 is 1.21 bits per heavy atom. The number of aromatic nitrogens is 1. The smallest absolute Gasteiger partial charge is 0.319 e. The first-order valence-corrected chi connectivity index (χ1v) is 13.7. The number of aliphatic hydroxyl groups excluding tert-OH is 1.